The van der Waals surface area contributed by atoms with E-state index >= 15 is 0 Å². The van der Waals surface area contributed by atoms with Crippen molar-refractivity contribution in [2.45, 2.75) is 38.1 Å². The van der Waals surface area contributed by atoms with Gasteiger partial charge in [-0.3, -0.25) is 4.79 Å². The molecule has 1 amide bonds. The number of likely N-dealkylation sites (N-methyl/N-ethyl adjacent to an activating group) is 1. The molecule has 51 heavy (non-hydrogen) atoms. The number of aromatic carboxylic acids is 1. The lowest BCUT2D eigenvalue weighted by atomic mass is 10.1. The van der Waals surface area contributed by atoms with Crippen molar-refractivity contribution in [1.82, 2.24) is 39.2 Å². The van der Waals surface area contributed by atoms with Crippen LogP contribution >= 0.6 is 0 Å². The van der Waals surface area contributed by atoms with E-state index in [9.17, 15) is 23.5 Å². The predicted octanol–water partition coefficient (Wildman–Crippen LogP) is 4.06. The number of amides is 1. The van der Waals surface area contributed by atoms with Gasteiger partial charge in [-0.05, 0) is 43.7 Å². The van der Waals surface area contributed by atoms with Crippen molar-refractivity contribution >= 4 is 45.6 Å². The number of nitrogens with one attached hydrogen (secondary N) is 1. The van der Waals surface area contributed by atoms with Crippen molar-refractivity contribution in [3.05, 3.63) is 84.1 Å². The maximum Gasteiger partial charge on any atom is 0.374 e. The molecule has 8 rings (SSSR count). The third-order valence-corrected chi connectivity index (χ3v) is 9.50. The number of carboxylic acid groups (broad SMARTS) is 1. The van der Waals surface area contributed by atoms with Crippen LogP contribution in [0.2, 0.25) is 0 Å². The Labute approximate surface area is 289 Å². The average molecular weight is 695 g/mol. The van der Waals surface area contributed by atoms with E-state index in [4.69, 9.17) is 14.7 Å². The summed E-state index contributed by atoms with van der Waals surface area (Å²) in [6, 6.07) is 13.4. The molecule has 16 heteroatoms. The first-order valence-electron chi connectivity index (χ1n) is 16.3. The lowest BCUT2D eigenvalue weighted by molar-refractivity contribution is -0.132. The van der Waals surface area contributed by atoms with Crippen LogP contribution in [0, 0.1) is 18.6 Å². The third kappa shape index (κ3) is 5.57. The lowest BCUT2D eigenvalue weighted by Crippen LogP contribution is -2.47. The maximum atomic E-state index is 14.9. The van der Waals surface area contributed by atoms with Gasteiger partial charge in [0.25, 0.3) is 0 Å². The van der Waals surface area contributed by atoms with E-state index in [1.165, 1.54) is 12.3 Å². The lowest BCUT2D eigenvalue weighted by Gasteiger charge is -2.31. The van der Waals surface area contributed by atoms with Crippen LogP contribution in [0.5, 0.6) is 0 Å². The van der Waals surface area contributed by atoms with Crippen LogP contribution < -0.4 is 10.2 Å². The molecule has 1 fully saturated rings. The number of carboxylic acids is 1. The number of halogens is 2. The van der Waals surface area contributed by atoms with E-state index in [0.717, 1.165) is 38.9 Å². The molecule has 14 nitrogen and oxygen atoms in total. The summed E-state index contributed by atoms with van der Waals surface area (Å²) in [4.78, 5) is 48.4. The van der Waals surface area contributed by atoms with E-state index in [0.29, 0.717) is 24.8 Å². The van der Waals surface area contributed by atoms with E-state index in [-0.39, 0.29) is 47.6 Å². The highest BCUT2D eigenvalue weighted by Gasteiger charge is 2.41. The average Bonchev–Trinajstić information content (AvgIpc) is 3.82. The molecule has 2 N–H and O–H groups in total. The van der Waals surface area contributed by atoms with Gasteiger partial charge in [-0.1, -0.05) is 18.2 Å². The Balaban J connectivity index is 1.25. The van der Waals surface area contributed by atoms with Gasteiger partial charge in [0.15, 0.2) is 11.5 Å². The summed E-state index contributed by atoms with van der Waals surface area (Å²) in [5.41, 5.74) is 3.23. The summed E-state index contributed by atoms with van der Waals surface area (Å²) in [6.45, 7) is 2.82. The second kappa shape index (κ2) is 12.4. The molecular weight excluding hydrogens is 662 g/mol. The van der Waals surface area contributed by atoms with Gasteiger partial charge in [0.2, 0.25) is 11.7 Å². The molecule has 2 aliphatic rings. The molecule has 260 valence electrons. The standard InChI is InChI=1S/C35H32F2N10O4/c1-18-39-26-8-4-6-22-25-7-5-9-29(41-25)40-20-13-28(34(48)44(2)16-21(51-3)17-45(18)30(22)26)46(15-20)32-23-14-38-47(27-11-10-19(36)12-24(27)37)33(23)43-31(42-32)35(49)50/h4-12,14,20-21,28H,13,15-17H2,1-3H3,(H,40,41)(H,49,50)/t20-,21?,28-/m0/s1. The van der Waals surface area contributed by atoms with Gasteiger partial charge in [-0.25, -0.2) is 38.2 Å². The van der Waals surface area contributed by atoms with Crippen molar-refractivity contribution in [3.63, 3.8) is 0 Å². The molecule has 0 spiro atoms. The van der Waals surface area contributed by atoms with E-state index in [2.05, 4.69) is 25.0 Å². The van der Waals surface area contributed by atoms with Crippen LogP contribution in [0.3, 0.4) is 0 Å². The molecule has 1 unspecified atom stereocenters. The minimum absolute atomic E-state index is 0.0180. The molecule has 0 aliphatic carbocycles. The second-order valence-corrected chi connectivity index (χ2v) is 12.7. The van der Waals surface area contributed by atoms with Crippen LogP contribution in [-0.2, 0) is 16.1 Å². The highest BCUT2D eigenvalue weighted by Crippen LogP contribution is 2.35. The van der Waals surface area contributed by atoms with Crippen molar-refractivity contribution in [2.75, 3.05) is 37.5 Å². The van der Waals surface area contributed by atoms with Crippen molar-refractivity contribution in [3.8, 4) is 16.9 Å². The first kappa shape index (κ1) is 32.2. The zero-order valence-electron chi connectivity index (χ0n) is 27.8. The molecule has 0 radical (unpaired) electrons. The number of pyridine rings is 1. The number of fused-ring (bicyclic) bond motifs is 6. The van der Waals surface area contributed by atoms with Gasteiger partial charge >= 0.3 is 5.97 Å². The number of rotatable bonds is 4. The van der Waals surface area contributed by atoms with Crippen LogP contribution in [-0.4, -0.2) is 102 Å². The Hall–Kier alpha value is -6.03. The number of ether oxygens (including phenoxy) is 1. The van der Waals surface area contributed by atoms with Gasteiger partial charge in [0, 0.05) is 44.9 Å². The number of carbonyl (C=O) groups excluding carboxylic acids is 1. The molecule has 6 heterocycles. The van der Waals surface area contributed by atoms with Gasteiger partial charge in [-0.15, -0.1) is 0 Å². The number of imidazole rings is 1. The highest BCUT2D eigenvalue weighted by molar-refractivity contribution is 5.96. The number of anilines is 2. The van der Waals surface area contributed by atoms with E-state index in [1.54, 1.807) is 24.0 Å². The van der Waals surface area contributed by atoms with Crippen LogP contribution in [0.15, 0.2) is 60.8 Å². The maximum absolute atomic E-state index is 14.9. The summed E-state index contributed by atoms with van der Waals surface area (Å²) in [6.07, 6.45) is 1.29. The molecule has 0 saturated carbocycles. The highest BCUT2D eigenvalue weighted by atomic mass is 19.1. The second-order valence-electron chi connectivity index (χ2n) is 12.7. The molecule has 1 saturated heterocycles. The van der Waals surface area contributed by atoms with Crippen molar-refractivity contribution in [2.24, 2.45) is 0 Å². The number of aryl methyl sites for hydroxylation is 1. The minimum atomic E-state index is -1.43. The first-order chi connectivity index (χ1) is 24.6. The SMILES string of the molecule is COC1CN(C)C(=O)[C@@H]2C[C@@H](CN2c2nc(C(=O)O)nc3c2cnn3-c2ccc(F)cc2F)Nc2cccc(n2)-c2cccc3nc(C)n(c23)C1. The Bertz CT molecular complexity index is 2360. The first-order valence-corrected chi connectivity index (χ1v) is 16.3. The number of hydrogen-bond donors (Lipinski definition) is 2. The zero-order valence-corrected chi connectivity index (χ0v) is 27.8. The minimum Gasteiger partial charge on any atom is -0.475 e. The summed E-state index contributed by atoms with van der Waals surface area (Å²) in [7, 11) is 3.31. The van der Waals surface area contributed by atoms with Crippen molar-refractivity contribution in [1.29, 1.82) is 0 Å². The number of benzene rings is 2. The summed E-state index contributed by atoms with van der Waals surface area (Å²) in [5, 5.41) is 18.1. The largest absolute Gasteiger partial charge is 0.475 e. The molecule has 6 aromatic rings. The summed E-state index contributed by atoms with van der Waals surface area (Å²) in [5.74, 6) is -2.43. The Morgan fingerprint density at radius 1 is 1.02 bits per heavy atom. The van der Waals surface area contributed by atoms with Crippen LogP contribution in [0.4, 0.5) is 20.4 Å². The quantitative estimate of drug-likeness (QED) is 0.274. The van der Waals surface area contributed by atoms with E-state index < -0.39 is 35.6 Å². The molecular formula is C35H32F2N10O4. The normalized spacial score (nSPS) is 19.3. The van der Waals surface area contributed by atoms with Crippen LogP contribution in [0.25, 0.3) is 39.0 Å². The number of aromatic nitrogens is 7. The number of methoxy groups -OCH3 is 1. The number of hydrogen-bond acceptors (Lipinski definition) is 10. The molecule has 4 aromatic heterocycles. The number of carbonyl (C=O) groups is 2. The fraction of sp³-hybridized carbons (Fsp3) is 0.286. The Kier molecular flexibility index (Phi) is 7.82. The topological polar surface area (TPSA) is 156 Å². The Morgan fingerprint density at radius 2 is 1.84 bits per heavy atom. The van der Waals surface area contributed by atoms with Crippen molar-refractivity contribution < 1.29 is 28.2 Å². The Morgan fingerprint density at radius 3 is 2.63 bits per heavy atom. The summed E-state index contributed by atoms with van der Waals surface area (Å²) < 4.78 is 37.8. The van der Waals surface area contributed by atoms with Crippen LogP contribution in [0.1, 0.15) is 22.9 Å². The molecule has 4 bridgehead atoms. The van der Waals surface area contributed by atoms with Gasteiger partial charge < -0.3 is 29.5 Å². The molecule has 3 atom stereocenters. The number of nitrogens with zero attached hydrogens (tertiary/aromatic N) is 9. The van der Waals surface area contributed by atoms with Gasteiger partial charge in [-0.2, -0.15) is 5.10 Å². The smallest absolute Gasteiger partial charge is 0.374 e. The predicted molar refractivity (Wildman–Crippen MR) is 183 cm³/mol. The fourth-order valence-corrected chi connectivity index (χ4v) is 7.11. The fourth-order valence-electron chi connectivity index (χ4n) is 7.11. The molecule has 2 aromatic carbocycles. The monoisotopic (exact) mass is 694 g/mol. The zero-order chi connectivity index (χ0) is 35.6. The van der Waals surface area contributed by atoms with Gasteiger partial charge in [0.05, 0.1) is 41.0 Å². The third-order valence-electron chi connectivity index (χ3n) is 9.50. The van der Waals surface area contributed by atoms with Gasteiger partial charge in [0.1, 0.15) is 35.0 Å². The number of para-hydroxylation sites is 1. The summed E-state index contributed by atoms with van der Waals surface area (Å²) >= 11 is 0. The molecule has 2 aliphatic heterocycles. The van der Waals surface area contributed by atoms with E-state index in [1.807, 2.05) is 43.3 Å².